The van der Waals surface area contributed by atoms with Gasteiger partial charge in [-0.2, -0.15) is 0 Å². The number of nitrogens with two attached hydrogens (primary N) is 1. The molecule has 1 saturated carbocycles. The van der Waals surface area contributed by atoms with Crippen molar-refractivity contribution in [3.05, 3.63) is 22.8 Å². The Morgan fingerprint density at radius 1 is 1.10 bits per heavy atom. The standard InChI is InChI=1S/C18H31N3/c1-5-15-6-8-16(9-7-15)18-20-13(3)17(14(4)21-18)10-12(2)11-19/h12,15-16H,5-11,19H2,1-4H3. The van der Waals surface area contributed by atoms with Gasteiger partial charge in [0.2, 0.25) is 0 Å². The zero-order chi connectivity index (χ0) is 15.4. The lowest BCUT2D eigenvalue weighted by atomic mass is 9.80. The van der Waals surface area contributed by atoms with Crippen molar-refractivity contribution in [2.24, 2.45) is 17.6 Å². The van der Waals surface area contributed by atoms with Crippen molar-refractivity contribution in [2.45, 2.75) is 72.1 Å². The molecule has 3 heteroatoms. The van der Waals surface area contributed by atoms with Gasteiger partial charge < -0.3 is 5.73 Å². The zero-order valence-electron chi connectivity index (χ0n) is 14.2. The van der Waals surface area contributed by atoms with Gasteiger partial charge in [-0.25, -0.2) is 9.97 Å². The van der Waals surface area contributed by atoms with Crippen molar-refractivity contribution in [1.82, 2.24) is 9.97 Å². The highest BCUT2D eigenvalue weighted by Crippen LogP contribution is 2.36. The van der Waals surface area contributed by atoms with Gasteiger partial charge in [0.05, 0.1) is 0 Å². The average molecular weight is 289 g/mol. The van der Waals surface area contributed by atoms with Crippen LogP contribution in [0.4, 0.5) is 0 Å². The van der Waals surface area contributed by atoms with E-state index >= 15 is 0 Å². The van der Waals surface area contributed by atoms with Crippen LogP contribution in [0.25, 0.3) is 0 Å². The number of hydrogen-bond acceptors (Lipinski definition) is 3. The molecule has 0 saturated heterocycles. The molecule has 1 atom stereocenters. The van der Waals surface area contributed by atoms with Crippen LogP contribution in [0.5, 0.6) is 0 Å². The number of rotatable bonds is 5. The minimum atomic E-state index is 0.497. The van der Waals surface area contributed by atoms with Crippen LogP contribution in [-0.2, 0) is 6.42 Å². The van der Waals surface area contributed by atoms with Crippen LogP contribution in [0, 0.1) is 25.7 Å². The molecule has 2 rings (SSSR count). The van der Waals surface area contributed by atoms with Gasteiger partial charge in [-0.15, -0.1) is 0 Å². The van der Waals surface area contributed by atoms with Crippen molar-refractivity contribution >= 4 is 0 Å². The second-order valence-electron chi connectivity index (χ2n) is 6.90. The SMILES string of the molecule is CCC1CCC(c2nc(C)c(CC(C)CN)c(C)n2)CC1. The van der Waals surface area contributed by atoms with Crippen LogP contribution in [-0.4, -0.2) is 16.5 Å². The van der Waals surface area contributed by atoms with E-state index < -0.39 is 0 Å². The van der Waals surface area contributed by atoms with Gasteiger partial charge >= 0.3 is 0 Å². The molecule has 0 spiro atoms. The first kappa shape index (κ1) is 16.4. The Labute approximate surface area is 129 Å². The summed E-state index contributed by atoms with van der Waals surface area (Å²) in [6.07, 6.45) is 7.52. The van der Waals surface area contributed by atoms with Gasteiger partial charge in [0.1, 0.15) is 5.82 Å². The van der Waals surface area contributed by atoms with Crippen molar-refractivity contribution < 1.29 is 0 Å². The van der Waals surface area contributed by atoms with E-state index in [9.17, 15) is 0 Å². The van der Waals surface area contributed by atoms with Gasteiger partial charge in [-0.05, 0) is 69.9 Å². The van der Waals surface area contributed by atoms with Gasteiger partial charge in [0, 0.05) is 17.3 Å². The fraction of sp³-hybridized carbons (Fsp3) is 0.778. The maximum absolute atomic E-state index is 5.75. The molecular formula is C18H31N3. The first-order valence-electron chi connectivity index (χ1n) is 8.59. The van der Waals surface area contributed by atoms with Gasteiger partial charge in [0.25, 0.3) is 0 Å². The predicted octanol–water partition coefficient (Wildman–Crippen LogP) is 3.91. The minimum absolute atomic E-state index is 0.497. The van der Waals surface area contributed by atoms with Gasteiger partial charge in [-0.3, -0.25) is 0 Å². The summed E-state index contributed by atoms with van der Waals surface area (Å²) in [6.45, 7) is 9.49. The molecular weight excluding hydrogens is 258 g/mol. The number of nitrogens with zero attached hydrogens (tertiary/aromatic N) is 2. The van der Waals surface area contributed by atoms with E-state index in [-0.39, 0.29) is 0 Å². The molecule has 0 aliphatic heterocycles. The average Bonchev–Trinajstić information content (AvgIpc) is 2.50. The lowest BCUT2D eigenvalue weighted by Gasteiger charge is -2.27. The van der Waals surface area contributed by atoms with Crippen LogP contribution >= 0.6 is 0 Å². The molecule has 21 heavy (non-hydrogen) atoms. The van der Waals surface area contributed by atoms with E-state index in [2.05, 4.69) is 27.7 Å². The van der Waals surface area contributed by atoms with Crippen LogP contribution in [0.3, 0.4) is 0 Å². The second kappa shape index (κ2) is 7.35. The Morgan fingerprint density at radius 3 is 2.14 bits per heavy atom. The highest BCUT2D eigenvalue weighted by molar-refractivity contribution is 5.25. The lowest BCUT2D eigenvalue weighted by Crippen LogP contribution is -2.18. The molecule has 0 amide bonds. The topological polar surface area (TPSA) is 51.8 Å². The molecule has 0 bridgehead atoms. The predicted molar refractivity (Wildman–Crippen MR) is 88.4 cm³/mol. The van der Waals surface area contributed by atoms with Crippen molar-refractivity contribution in [3.8, 4) is 0 Å². The van der Waals surface area contributed by atoms with Crippen molar-refractivity contribution in [2.75, 3.05) is 6.54 Å². The van der Waals surface area contributed by atoms with E-state index in [1.165, 1.54) is 37.7 Å². The van der Waals surface area contributed by atoms with E-state index in [0.717, 1.165) is 36.1 Å². The van der Waals surface area contributed by atoms with Crippen molar-refractivity contribution in [3.63, 3.8) is 0 Å². The smallest absolute Gasteiger partial charge is 0.131 e. The largest absolute Gasteiger partial charge is 0.330 e. The van der Waals surface area contributed by atoms with E-state index in [1.54, 1.807) is 0 Å². The Hall–Kier alpha value is -0.960. The Bertz CT molecular complexity index is 439. The summed E-state index contributed by atoms with van der Waals surface area (Å²) in [5.74, 6) is 3.08. The van der Waals surface area contributed by atoms with Crippen LogP contribution in [0.2, 0.25) is 0 Å². The van der Waals surface area contributed by atoms with Crippen molar-refractivity contribution in [1.29, 1.82) is 0 Å². The summed E-state index contributed by atoms with van der Waals surface area (Å²) in [5.41, 5.74) is 9.38. The Balaban J connectivity index is 2.12. The molecule has 1 aromatic heterocycles. The molecule has 118 valence electrons. The first-order chi connectivity index (χ1) is 10.0. The van der Waals surface area contributed by atoms with E-state index in [1.807, 2.05) is 0 Å². The maximum Gasteiger partial charge on any atom is 0.131 e. The Kier molecular flexibility index (Phi) is 5.74. The molecule has 1 aliphatic rings. The minimum Gasteiger partial charge on any atom is -0.330 e. The molecule has 1 unspecified atom stereocenters. The fourth-order valence-electron chi connectivity index (χ4n) is 3.50. The monoisotopic (exact) mass is 289 g/mol. The molecule has 1 heterocycles. The summed E-state index contributed by atoms with van der Waals surface area (Å²) in [7, 11) is 0. The molecule has 0 aromatic carbocycles. The molecule has 2 N–H and O–H groups in total. The number of hydrogen-bond donors (Lipinski definition) is 1. The number of aryl methyl sites for hydroxylation is 2. The number of aromatic nitrogens is 2. The molecule has 0 radical (unpaired) electrons. The summed E-state index contributed by atoms with van der Waals surface area (Å²) in [4.78, 5) is 9.69. The Morgan fingerprint density at radius 2 is 1.67 bits per heavy atom. The highest BCUT2D eigenvalue weighted by Gasteiger charge is 2.24. The lowest BCUT2D eigenvalue weighted by molar-refractivity contribution is 0.311. The highest BCUT2D eigenvalue weighted by atomic mass is 14.9. The first-order valence-corrected chi connectivity index (χ1v) is 8.59. The summed E-state index contributed by atoms with van der Waals surface area (Å²) in [6, 6.07) is 0. The van der Waals surface area contributed by atoms with E-state index in [4.69, 9.17) is 15.7 Å². The van der Waals surface area contributed by atoms with Crippen LogP contribution in [0.1, 0.15) is 74.6 Å². The summed E-state index contributed by atoms with van der Waals surface area (Å²) in [5, 5.41) is 0. The molecule has 1 aromatic rings. The summed E-state index contributed by atoms with van der Waals surface area (Å²) >= 11 is 0. The normalized spacial score (nSPS) is 24.0. The molecule has 1 fully saturated rings. The fourth-order valence-corrected chi connectivity index (χ4v) is 3.50. The summed E-state index contributed by atoms with van der Waals surface area (Å²) < 4.78 is 0. The van der Waals surface area contributed by atoms with Gasteiger partial charge in [-0.1, -0.05) is 20.3 Å². The quantitative estimate of drug-likeness (QED) is 0.894. The van der Waals surface area contributed by atoms with Crippen LogP contribution < -0.4 is 5.73 Å². The second-order valence-corrected chi connectivity index (χ2v) is 6.90. The van der Waals surface area contributed by atoms with Crippen LogP contribution in [0.15, 0.2) is 0 Å². The van der Waals surface area contributed by atoms with Gasteiger partial charge in [0.15, 0.2) is 0 Å². The zero-order valence-corrected chi connectivity index (χ0v) is 14.2. The third-order valence-corrected chi connectivity index (χ3v) is 5.18. The van der Waals surface area contributed by atoms with E-state index in [0.29, 0.717) is 11.8 Å². The molecule has 3 nitrogen and oxygen atoms in total. The molecule has 1 aliphatic carbocycles. The third-order valence-electron chi connectivity index (χ3n) is 5.18. The maximum atomic E-state index is 5.75. The third kappa shape index (κ3) is 4.03.